The number of halogens is 2. The fourth-order valence-corrected chi connectivity index (χ4v) is 2.95. The lowest BCUT2D eigenvalue weighted by Gasteiger charge is -2.06. The molecule has 112 valence electrons. The monoisotopic (exact) mass is 334 g/mol. The van der Waals surface area contributed by atoms with Crippen LogP contribution < -0.4 is 4.74 Å². The standard InChI is InChI=1S/C16H12Cl2N2O2/c1-9-5-10(3-4-14(9)22-2)15-13(8-21)20-7-11(17)6-12(18)16(20)19-15/h3-8H,1-2H3. The van der Waals surface area contributed by atoms with Gasteiger partial charge in [0.25, 0.3) is 0 Å². The number of aldehydes is 1. The minimum Gasteiger partial charge on any atom is -0.496 e. The molecule has 4 nitrogen and oxygen atoms in total. The number of methoxy groups -OCH3 is 1. The van der Waals surface area contributed by atoms with Crippen molar-refractivity contribution >= 4 is 35.1 Å². The van der Waals surface area contributed by atoms with Crippen molar-refractivity contribution in [2.45, 2.75) is 6.92 Å². The maximum absolute atomic E-state index is 11.5. The van der Waals surface area contributed by atoms with Crippen molar-refractivity contribution in [1.82, 2.24) is 9.38 Å². The van der Waals surface area contributed by atoms with E-state index in [0.29, 0.717) is 27.1 Å². The molecular formula is C16H12Cl2N2O2. The summed E-state index contributed by atoms with van der Waals surface area (Å²) in [4.78, 5) is 16.0. The molecular weight excluding hydrogens is 323 g/mol. The number of hydrogen-bond acceptors (Lipinski definition) is 3. The summed E-state index contributed by atoms with van der Waals surface area (Å²) in [6.45, 7) is 1.93. The number of imidazole rings is 1. The lowest BCUT2D eigenvalue weighted by Crippen LogP contribution is -1.93. The Morgan fingerprint density at radius 1 is 1.27 bits per heavy atom. The van der Waals surface area contributed by atoms with Crippen LogP contribution in [-0.4, -0.2) is 22.8 Å². The van der Waals surface area contributed by atoms with Gasteiger partial charge in [0, 0.05) is 11.8 Å². The number of benzene rings is 1. The predicted octanol–water partition coefficient (Wildman–Crippen LogP) is 4.44. The quantitative estimate of drug-likeness (QED) is 0.665. The molecule has 3 rings (SSSR count). The number of rotatable bonds is 3. The molecule has 0 saturated heterocycles. The Labute approximate surface area is 137 Å². The van der Waals surface area contributed by atoms with Gasteiger partial charge >= 0.3 is 0 Å². The number of hydrogen-bond donors (Lipinski definition) is 0. The fourth-order valence-electron chi connectivity index (χ4n) is 2.44. The summed E-state index contributed by atoms with van der Waals surface area (Å²) in [5.41, 5.74) is 3.24. The van der Waals surface area contributed by atoms with Crippen LogP contribution in [0.25, 0.3) is 16.9 Å². The van der Waals surface area contributed by atoms with Crippen LogP contribution >= 0.6 is 23.2 Å². The molecule has 6 heteroatoms. The zero-order chi connectivity index (χ0) is 15.9. The van der Waals surface area contributed by atoms with E-state index >= 15 is 0 Å². The molecule has 0 unspecified atom stereocenters. The largest absolute Gasteiger partial charge is 0.496 e. The molecule has 0 aliphatic carbocycles. The number of aryl methyl sites for hydroxylation is 1. The van der Waals surface area contributed by atoms with Crippen LogP contribution in [0.2, 0.25) is 10.0 Å². The first kappa shape index (κ1) is 14.9. The van der Waals surface area contributed by atoms with Crippen LogP contribution in [0.4, 0.5) is 0 Å². The lowest BCUT2D eigenvalue weighted by molar-refractivity contribution is 0.111. The Morgan fingerprint density at radius 3 is 2.68 bits per heavy atom. The van der Waals surface area contributed by atoms with Crippen molar-refractivity contribution in [2.75, 3.05) is 7.11 Å². The minimum absolute atomic E-state index is 0.395. The average Bonchev–Trinajstić information content (AvgIpc) is 2.85. The smallest absolute Gasteiger partial charge is 0.169 e. The summed E-state index contributed by atoms with van der Waals surface area (Å²) in [5, 5.41) is 0.836. The summed E-state index contributed by atoms with van der Waals surface area (Å²) in [6.07, 6.45) is 2.38. The molecule has 0 amide bonds. The molecule has 0 N–H and O–H groups in total. The van der Waals surface area contributed by atoms with E-state index in [2.05, 4.69) is 4.98 Å². The molecule has 3 aromatic rings. The van der Waals surface area contributed by atoms with Gasteiger partial charge in [-0.3, -0.25) is 9.20 Å². The number of carbonyl (C=O) groups excluding carboxylic acids is 1. The molecule has 0 fully saturated rings. The van der Waals surface area contributed by atoms with Gasteiger partial charge in [-0.2, -0.15) is 0 Å². The van der Waals surface area contributed by atoms with Crippen LogP contribution in [0.5, 0.6) is 5.75 Å². The number of ether oxygens (including phenoxy) is 1. The number of nitrogens with zero attached hydrogens (tertiary/aromatic N) is 2. The molecule has 0 aliphatic rings. The van der Waals surface area contributed by atoms with Crippen LogP contribution in [0.1, 0.15) is 16.1 Å². The van der Waals surface area contributed by atoms with E-state index in [1.165, 1.54) is 0 Å². The number of carbonyl (C=O) groups is 1. The van der Waals surface area contributed by atoms with Crippen LogP contribution in [0.3, 0.4) is 0 Å². The first-order chi connectivity index (χ1) is 10.5. The molecule has 1 aromatic carbocycles. The Balaban J connectivity index is 2.29. The summed E-state index contributed by atoms with van der Waals surface area (Å²) >= 11 is 12.2. The van der Waals surface area contributed by atoms with Crippen molar-refractivity contribution < 1.29 is 9.53 Å². The average molecular weight is 335 g/mol. The Hall–Kier alpha value is -2.04. The summed E-state index contributed by atoms with van der Waals surface area (Å²) < 4.78 is 6.86. The topological polar surface area (TPSA) is 43.6 Å². The van der Waals surface area contributed by atoms with Crippen molar-refractivity contribution in [3.8, 4) is 17.0 Å². The van der Waals surface area contributed by atoms with E-state index in [9.17, 15) is 4.79 Å². The molecule has 0 bridgehead atoms. The highest BCUT2D eigenvalue weighted by atomic mass is 35.5. The molecule has 2 aromatic heterocycles. The van der Waals surface area contributed by atoms with Gasteiger partial charge in [0.15, 0.2) is 11.9 Å². The Morgan fingerprint density at radius 2 is 2.05 bits per heavy atom. The molecule has 22 heavy (non-hydrogen) atoms. The number of aromatic nitrogens is 2. The van der Waals surface area contributed by atoms with Gasteiger partial charge in [0.1, 0.15) is 17.1 Å². The van der Waals surface area contributed by atoms with E-state index in [1.54, 1.807) is 23.8 Å². The SMILES string of the molecule is COc1ccc(-c2nc3c(Cl)cc(Cl)cn3c2C=O)cc1C. The number of pyridine rings is 1. The van der Waals surface area contributed by atoms with Crippen molar-refractivity contribution in [2.24, 2.45) is 0 Å². The maximum Gasteiger partial charge on any atom is 0.169 e. The second-order valence-corrected chi connectivity index (χ2v) is 5.69. The van der Waals surface area contributed by atoms with E-state index in [1.807, 2.05) is 25.1 Å². The van der Waals surface area contributed by atoms with Gasteiger partial charge in [-0.1, -0.05) is 23.2 Å². The van der Waals surface area contributed by atoms with Crippen molar-refractivity contribution in [3.05, 3.63) is 51.8 Å². The van der Waals surface area contributed by atoms with Crippen LogP contribution in [-0.2, 0) is 0 Å². The third-order valence-electron chi connectivity index (χ3n) is 3.46. The van der Waals surface area contributed by atoms with E-state index < -0.39 is 0 Å². The van der Waals surface area contributed by atoms with Crippen LogP contribution in [0, 0.1) is 6.92 Å². The molecule has 0 aliphatic heterocycles. The summed E-state index contributed by atoms with van der Waals surface area (Å²) in [7, 11) is 1.62. The third-order valence-corrected chi connectivity index (χ3v) is 3.94. The molecule has 0 radical (unpaired) electrons. The minimum atomic E-state index is 0.395. The molecule has 0 spiro atoms. The number of fused-ring (bicyclic) bond motifs is 1. The molecule has 0 atom stereocenters. The second kappa shape index (κ2) is 5.63. The van der Waals surface area contributed by atoms with Gasteiger partial charge in [0.2, 0.25) is 0 Å². The zero-order valence-corrected chi connectivity index (χ0v) is 13.4. The van der Waals surface area contributed by atoms with Gasteiger partial charge in [-0.15, -0.1) is 0 Å². The van der Waals surface area contributed by atoms with Crippen LogP contribution in [0.15, 0.2) is 30.5 Å². The highest BCUT2D eigenvalue weighted by Crippen LogP contribution is 2.31. The Kier molecular flexibility index (Phi) is 3.81. The van der Waals surface area contributed by atoms with Gasteiger partial charge < -0.3 is 4.74 Å². The summed E-state index contributed by atoms with van der Waals surface area (Å²) in [5.74, 6) is 0.779. The Bertz CT molecular complexity index is 887. The van der Waals surface area contributed by atoms with E-state index in [4.69, 9.17) is 27.9 Å². The highest BCUT2D eigenvalue weighted by Gasteiger charge is 2.16. The van der Waals surface area contributed by atoms with Gasteiger partial charge in [-0.05, 0) is 36.8 Å². The molecule has 0 saturated carbocycles. The first-order valence-corrected chi connectivity index (χ1v) is 7.28. The fraction of sp³-hybridized carbons (Fsp3) is 0.125. The maximum atomic E-state index is 11.5. The van der Waals surface area contributed by atoms with Crippen molar-refractivity contribution in [3.63, 3.8) is 0 Å². The zero-order valence-electron chi connectivity index (χ0n) is 11.9. The van der Waals surface area contributed by atoms with Crippen molar-refractivity contribution in [1.29, 1.82) is 0 Å². The second-order valence-electron chi connectivity index (χ2n) is 4.85. The van der Waals surface area contributed by atoms with E-state index in [0.717, 1.165) is 23.2 Å². The predicted molar refractivity (Wildman–Crippen MR) is 87.3 cm³/mol. The third kappa shape index (κ3) is 2.34. The van der Waals surface area contributed by atoms with E-state index in [-0.39, 0.29) is 0 Å². The normalized spacial score (nSPS) is 10.9. The lowest BCUT2D eigenvalue weighted by atomic mass is 10.1. The van der Waals surface area contributed by atoms with Gasteiger partial charge in [-0.25, -0.2) is 4.98 Å². The summed E-state index contributed by atoms with van der Waals surface area (Å²) in [6, 6.07) is 7.22. The van der Waals surface area contributed by atoms with Gasteiger partial charge in [0.05, 0.1) is 17.2 Å². The molecule has 2 heterocycles. The highest BCUT2D eigenvalue weighted by molar-refractivity contribution is 6.36. The first-order valence-electron chi connectivity index (χ1n) is 6.52.